The summed E-state index contributed by atoms with van der Waals surface area (Å²) >= 11 is 1.14. The number of carboxylic acid groups (broad SMARTS) is 1. The predicted molar refractivity (Wildman–Crippen MR) is 97.5 cm³/mol. The Morgan fingerprint density at radius 1 is 1.12 bits per heavy atom. The van der Waals surface area contributed by atoms with Gasteiger partial charge in [0, 0.05) is 18.1 Å². The highest BCUT2D eigenvalue weighted by Crippen LogP contribution is 2.33. The van der Waals surface area contributed by atoms with Gasteiger partial charge in [-0.25, -0.2) is 0 Å². The van der Waals surface area contributed by atoms with E-state index in [4.69, 9.17) is 0 Å². The third-order valence-electron chi connectivity index (χ3n) is 4.26. The number of carboxylic acids is 1. The number of aliphatic carboxylic acids is 1. The Hall–Kier alpha value is -2.15. The molecule has 1 amide bonds. The van der Waals surface area contributed by atoms with Crippen LogP contribution in [0.5, 0.6) is 0 Å². The second-order valence-electron chi connectivity index (χ2n) is 6.15. The Bertz CT molecular complexity index is 693. The molecule has 0 unspecified atom stereocenters. The van der Waals surface area contributed by atoms with Crippen LogP contribution in [0.25, 0.3) is 0 Å². The number of amidine groups is 1. The molecule has 2 aliphatic rings. The lowest BCUT2D eigenvalue weighted by atomic mass is 10.2. The van der Waals surface area contributed by atoms with Crippen LogP contribution in [-0.2, 0) is 9.59 Å². The molecule has 1 heterocycles. The molecule has 7 heteroatoms. The number of hydrogen-bond acceptors (Lipinski definition) is 6. The Morgan fingerprint density at radius 2 is 1.80 bits per heavy atom. The van der Waals surface area contributed by atoms with Gasteiger partial charge in [0.05, 0.1) is 10.9 Å². The lowest BCUT2D eigenvalue weighted by molar-refractivity contribution is -0.305. The van der Waals surface area contributed by atoms with Crippen LogP contribution in [-0.4, -0.2) is 28.0 Å². The average molecular weight is 358 g/mol. The van der Waals surface area contributed by atoms with E-state index in [0.29, 0.717) is 10.9 Å². The number of nitrogens with zero attached hydrogens (tertiary/aromatic N) is 3. The van der Waals surface area contributed by atoms with E-state index < -0.39 is 11.2 Å². The molecule has 0 N–H and O–H groups in total. The summed E-state index contributed by atoms with van der Waals surface area (Å²) in [6.07, 6.45) is 6.20. The van der Waals surface area contributed by atoms with Crippen molar-refractivity contribution in [3.8, 4) is 0 Å². The van der Waals surface area contributed by atoms with Gasteiger partial charge in [0.2, 0.25) is 5.91 Å². The Balaban J connectivity index is 1.88. The van der Waals surface area contributed by atoms with E-state index in [2.05, 4.69) is 10.2 Å². The predicted octanol–water partition coefficient (Wildman–Crippen LogP) is 2.34. The molecule has 3 rings (SSSR count). The minimum Gasteiger partial charge on any atom is -0.550 e. The Labute approximate surface area is 151 Å². The first-order chi connectivity index (χ1) is 12.1. The Kier molecular flexibility index (Phi) is 5.86. The van der Waals surface area contributed by atoms with Crippen LogP contribution in [0.4, 0.5) is 5.69 Å². The zero-order chi connectivity index (χ0) is 17.6. The maximum absolute atomic E-state index is 12.6. The van der Waals surface area contributed by atoms with Crippen molar-refractivity contribution in [1.29, 1.82) is 0 Å². The highest BCUT2D eigenvalue weighted by atomic mass is 32.2. The van der Waals surface area contributed by atoms with E-state index in [1.165, 1.54) is 17.7 Å². The monoisotopic (exact) mass is 358 g/mol. The fraction of sp³-hybridized carbons (Fsp3) is 0.444. The summed E-state index contributed by atoms with van der Waals surface area (Å²) in [5.41, 5.74) is 1.72. The molecule has 25 heavy (non-hydrogen) atoms. The van der Waals surface area contributed by atoms with Crippen molar-refractivity contribution < 1.29 is 14.7 Å². The van der Waals surface area contributed by atoms with E-state index in [1.54, 1.807) is 12.1 Å². The van der Waals surface area contributed by atoms with E-state index in [9.17, 15) is 14.7 Å². The van der Waals surface area contributed by atoms with Crippen molar-refractivity contribution in [2.75, 3.05) is 4.90 Å². The van der Waals surface area contributed by atoms with E-state index in [0.717, 1.165) is 43.2 Å². The van der Waals surface area contributed by atoms with Crippen molar-refractivity contribution in [3.63, 3.8) is 0 Å². The molecule has 1 aliphatic carbocycles. The molecule has 1 aromatic rings. The van der Waals surface area contributed by atoms with E-state index in [-0.39, 0.29) is 12.3 Å². The number of carbonyl (C=O) groups excluding carboxylic acids is 2. The molecule has 1 saturated carbocycles. The van der Waals surface area contributed by atoms with Gasteiger partial charge < -0.3 is 9.90 Å². The first kappa shape index (κ1) is 17.7. The molecule has 1 aliphatic heterocycles. The van der Waals surface area contributed by atoms with Gasteiger partial charge in [0.25, 0.3) is 0 Å². The summed E-state index contributed by atoms with van der Waals surface area (Å²) in [6.45, 7) is 0. The van der Waals surface area contributed by atoms with Crippen LogP contribution in [0.1, 0.15) is 44.9 Å². The highest BCUT2D eigenvalue weighted by Gasteiger charge is 2.39. The fourth-order valence-corrected chi connectivity index (χ4v) is 4.05. The van der Waals surface area contributed by atoms with E-state index in [1.807, 2.05) is 18.2 Å². The number of anilines is 1. The summed E-state index contributed by atoms with van der Waals surface area (Å²) in [6, 6.07) is 9.11. The van der Waals surface area contributed by atoms with Gasteiger partial charge in [-0.3, -0.25) is 9.69 Å². The number of para-hydroxylation sites is 1. The smallest absolute Gasteiger partial charge is 0.247 e. The second-order valence-corrected chi connectivity index (χ2v) is 7.32. The molecular formula is C18H20N3O3S-. The first-order valence-corrected chi connectivity index (χ1v) is 9.42. The van der Waals surface area contributed by atoms with Crippen molar-refractivity contribution in [2.24, 2.45) is 10.2 Å². The van der Waals surface area contributed by atoms with Gasteiger partial charge in [-0.2, -0.15) is 5.10 Å². The summed E-state index contributed by atoms with van der Waals surface area (Å²) in [5, 5.41) is 19.3. The lowest BCUT2D eigenvalue weighted by Gasteiger charge is -2.15. The minimum absolute atomic E-state index is 0.291. The fourth-order valence-electron chi connectivity index (χ4n) is 2.98. The molecule has 0 radical (unpaired) electrons. The van der Waals surface area contributed by atoms with E-state index >= 15 is 0 Å². The molecular weight excluding hydrogens is 338 g/mol. The number of hydrogen-bond donors (Lipinski definition) is 0. The molecule has 132 valence electrons. The van der Waals surface area contributed by atoms with Crippen LogP contribution in [0.2, 0.25) is 0 Å². The second kappa shape index (κ2) is 8.29. The maximum atomic E-state index is 12.6. The van der Waals surface area contributed by atoms with Crippen LogP contribution < -0.4 is 10.0 Å². The molecule has 0 spiro atoms. The Morgan fingerprint density at radius 3 is 2.44 bits per heavy atom. The molecule has 1 aromatic carbocycles. The van der Waals surface area contributed by atoms with Crippen LogP contribution in [0.15, 0.2) is 40.5 Å². The lowest BCUT2D eigenvalue weighted by Crippen LogP contribution is -2.35. The molecule has 1 atom stereocenters. The van der Waals surface area contributed by atoms with Crippen molar-refractivity contribution in [1.82, 2.24) is 0 Å². The number of rotatable bonds is 4. The van der Waals surface area contributed by atoms with Crippen molar-refractivity contribution in [2.45, 2.75) is 50.2 Å². The summed E-state index contributed by atoms with van der Waals surface area (Å²) in [7, 11) is 0. The average Bonchev–Trinajstić information content (AvgIpc) is 2.78. The van der Waals surface area contributed by atoms with Crippen molar-refractivity contribution >= 4 is 40.2 Å². The summed E-state index contributed by atoms with van der Waals surface area (Å²) < 4.78 is 0. The normalized spacial score (nSPS) is 23.0. The maximum Gasteiger partial charge on any atom is 0.247 e. The molecule has 0 bridgehead atoms. The summed E-state index contributed by atoms with van der Waals surface area (Å²) in [4.78, 5) is 25.0. The highest BCUT2D eigenvalue weighted by molar-refractivity contribution is 8.16. The minimum atomic E-state index is -1.24. The van der Waals surface area contributed by atoms with Gasteiger partial charge in [-0.05, 0) is 37.8 Å². The third-order valence-corrected chi connectivity index (χ3v) is 5.39. The number of carbonyl (C=O) groups is 2. The SMILES string of the molecule is O=C([O-])C[C@@H]1S/C(=N/N=C2CCCCCC2)N(c2ccccc2)C1=O. The van der Waals surface area contributed by atoms with Gasteiger partial charge in [-0.15, -0.1) is 5.10 Å². The molecule has 2 fully saturated rings. The van der Waals surface area contributed by atoms with Crippen LogP contribution in [0, 0.1) is 0 Å². The first-order valence-electron chi connectivity index (χ1n) is 8.54. The van der Waals surface area contributed by atoms with Gasteiger partial charge in [0.1, 0.15) is 0 Å². The molecule has 6 nitrogen and oxygen atoms in total. The molecule has 0 aromatic heterocycles. The van der Waals surface area contributed by atoms with Crippen LogP contribution in [0.3, 0.4) is 0 Å². The summed E-state index contributed by atoms with van der Waals surface area (Å²) in [5.74, 6) is -1.53. The van der Waals surface area contributed by atoms with Crippen LogP contribution >= 0.6 is 11.8 Å². The number of benzene rings is 1. The zero-order valence-corrected chi connectivity index (χ0v) is 14.7. The zero-order valence-electron chi connectivity index (χ0n) is 13.9. The number of amides is 1. The quantitative estimate of drug-likeness (QED) is 0.611. The largest absolute Gasteiger partial charge is 0.550 e. The van der Waals surface area contributed by atoms with Gasteiger partial charge in [0.15, 0.2) is 5.17 Å². The van der Waals surface area contributed by atoms with Gasteiger partial charge >= 0.3 is 0 Å². The topological polar surface area (TPSA) is 85.2 Å². The number of thioether (sulfide) groups is 1. The van der Waals surface area contributed by atoms with Gasteiger partial charge in [-0.1, -0.05) is 42.8 Å². The van der Waals surface area contributed by atoms with Crippen molar-refractivity contribution in [3.05, 3.63) is 30.3 Å². The molecule has 1 saturated heterocycles. The standard InChI is InChI=1S/C18H21N3O3S/c22-16(23)12-15-17(24)21(14-10-6-3-7-11-14)18(25-15)20-19-13-8-4-1-2-5-9-13/h3,6-7,10-11,15H,1-2,4-5,8-9,12H2,(H,22,23)/p-1/b20-18+/t15-/m0/s1. The third kappa shape index (κ3) is 4.48.